The molecule has 0 aromatic rings. The molecule has 3 heteroatoms. The van der Waals surface area contributed by atoms with Gasteiger partial charge in [-0.1, -0.05) is 19.9 Å². The van der Waals surface area contributed by atoms with Crippen molar-refractivity contribution < 1.29 is 9.90 Å². The summed E-state index contributed by atoms with van der Waals surface area (Å²) in [7, 11) is 0. The zero-order valence-corrected chi connectivity index (χ0v) is 8.92. The van der Waals surface area contributed by atoms with Crippen LogP contribution in [0.15, 0.2) is 12.2 Å². The van der Waals surface area contributed by atoms with Gasteiger partial charge in [0.15, 0.2) is 0 Å². The minimum atomic E-state index is -0.876. The number of rotatable bonds is 4. The van der Waals surface area contributed by atoms with Crippen LogP contribution in [-0.4, -0.2) is 23.7 Å². The van der Waals surface area contributed by atoms with Crippen molar-refractivity contribution in [1.29, 1.82) is 0 Å². The van der Waals surface area contributed by atoms with Crippen molar-refractivity contribution in [3.05, 3.63) is 12.2 Å². The summed E-state index contributed by atoms with van der Waals surface area (Å²) in [4.78, 5) is 10.2. The molecule has 1 aliphatic rings. The van der Waals surface area contributed by atoms with Gasteiger partial charge in [-0.05, 0) is 24.7 Å². The molecule has 0 spiro atoms. The topological polar surface area (TPSA) is 49.3 Å². The van der Waals surface area contributed by atoms with Crippen molar-refractivity contribution in [1.82, 2.24) is 5.32 Å². The summed E-state index contributed by atoms with van der Waals surface area (Å²) in [5.74, 6) is -0.876. The van der Waals surface area contributed by atoms with Gasteiger partial charge in [0, 0.05) is 18.7 Å². The third-order valence-corrected chi connectivity index (χ3v) is 2.75. The first-order valence-electron chi connectivity index (χ1n) is 5.12. The van der Waals surface area contributed by atoms with Crippen LogP contribution in [0.25, 0.3) is 0 Å². The largest absolute Gasteiger partial charge is 0.478 e. The van der Waals surface area contributed by atoms with Crippen molar-refractivity contribution >= 4 is 5.97 Å². The Hall–Kier alpha value is -0.830. The van der Waals surface area contributed by atoms with Gasteiger partial charge in [0.2, 0.25) is 0 Å². The molecule has 0 saturated heterocycles. The first kappa shape index (κ1) is 11.2. The number of hydrogen-bond donors (Lipinski definition) is 2. The third kappa shape index (κ3) is 3.92. The first-order valence-corrected chi connectivity index (χ1v) is 5.12. The van der Waals surface area contributed by atoms with E-state index >= 15 is 0 Å². The molecule has 1 saturated carbocycles. The second-order valence-corrected chi connectivity index (χ2v) is 4.75. The Morgan fingerprint density at radius 2 is 2.36 bits per heavy atom. The molecule has 0 aromatic heterocycles. The quantitative estimate of drug-likeness (QED) is 0.676. The van der Waals surface area contributed by atoms with Crippen molar-refractivity contribution in [3.8, 4) is 0 Å². The highest BCUT2D eigenvalue weighted by atomic mass is 16.4. The molecular formula is C11H19NO2. The summed E-state index contributed by atoms with van der Waals surface area (Å²) < 4.78 is 0. The zero-order chi connectivity index (χ0) is 10.6. The molecule has 1 atom stereocenters. The lowest BCUT2D eigenvalue weighted by atomic mass is 9.92. The van der Waals surface area contributed by atoms with E-state index in [1.807, 2.05) is 0 Å². The standard InChI is InChI=1S/C11H19NO2/c1-11(2)6-5-9(8-11)12-7-3-4-10(13)14/h3-4,9,12H,5-8H2,1-2H3,(H,13,14)/b4-3+. The Bertz CT molecular complexity index is 233. The lowest BCUT2D eigenvalue weighted by Crippen LogP contribution is -2.27. The van der Waals surface area contributed by atoms with Crippen molar-refractivity contribution in [2.45, 2.75) is 39.2 Å². The molecule has 0 amide bonds. The second-order valence-electron chi connectivity index (χ2n) is 4.75. The van der Waals surface area contributed by atoms with Gasteiger partial charge in [-0.3, -0.25) is 0 Å². The molecule has 0 aromatic carbocycles. The Kier molecular flexibility index (Phi) is 3.69. The summed E-state index contributed by atoms with van der Waals surface area (Å²) >= 11 is 0. The molecule has 0 bridgehead atoms. The molecule has 80 valence electrons. The van der Waals surface area contributed by atoms with Gasteiger partial charge in [0.25, 0.3) is 0 Å². The normalized spacial score (nSPS) is 25.7. The Morgan fingerprint density at radius 1 is 1.64 bits per heavy atom. The van der Waals surface area contributed by atoms with Crippen LogP contribution in [0.3, 0.4) is 0 Å². The van der Waals surface area contributed by atoms with Crippen LogP contribution in [0.5, 0.6) is 0 Å². The highest BCUT2D eigenvalue weighted by Gasteiger charge is 2.29. The Balaban J connectivity index is 2.18. The van der Waals surface area contributed by atoms with E-state index in [9.17, 15) is 4.79 Å². The summed E-state index contributed by atoms with van der Waals surface area (Å²) in [6, 6.07) is 0.559. The molecule has 0 aliphatic heterocycles. The lowest BCUT2D eigenvalue weighted by Gasteiger charge is -2.17. The molecule has 3 nitrogen and oxygen atoms in total. The predicted molar refractivity (Wildman–Crippen MR) is 56.2 cm³/mol. The third-order valence-electron chi connectivity index (χ3n) is 2.75. The minimum absolute atomic E-state index is 0.453. The maximum absolute atomic E-state index is 10.2. The second kappa shape index (κ2) is 4.60. The smallest absolute Gasteiger partial charge is 0.328 e. The van der Waals surface area contributed by atoms with Crippen LogP contribution in [0, 0.1) is 5.41 Å². The summed E-state index contributed by atoms with van der Waals surface area (Å²) in [5, 5.41) is 11.7. The summed E-state index contributed by atoms with van der Waals surface area (Å²) in [6.45, 7) is 5.22. The van der Waals surface area contributed by atoms with Gasteiger partial charge in [-0.2, -0.15) is 0 Å². The van der Waals surface area contributed by atoms with Crippen LogP contribution >= 0.6 is 0 Å². The van der Waals surface area contributed by atoms with E-state index in [1.165, 1.54) is 25.3 Å². The fourth-order valence-electron chi connectivity index (χ4n) is 2.00. The van der Waals surface area contributed by atoms with Gasteiger partial charge in [0.1, 0.15) is 0 Å². The van der Waals surface area contributed by atoms with Crippen LogP contribution in [-0.2, 0) is 4.79 Å². The summed E-state index contributed by atoms with van der Waals surface area (Å²) in [6.07, 6.45) is 6.50. The van der Waals surface area contributed by atoms with Crippen LogP contribution in [0.1, 0.15) is 33.1 Å². The number of hydrogen-bond acceptors (Lipinski definition) is 2. The van der Waals surface area contributed by atoms with Crippen molar-refractivity contribution in [2.24, 2.45) is 5.41 Å². The highest BCUT2D eigenvalue weighted by Crippen LogP contribution is 2.36. The van der Waals surface area contributed by atoms with E-state index in [-0.39, 0.29) is 0 Å². The van der Waals surface area contributed by atoms with Crippen LogP contribution in [0.4, 0.5) is 0 Å². The number of carboxylic acids is 1. The molecule has 14 heavy (non-hydrogen) atoms. The molecule has 1 unspecified atom stereocenters. The molecule has 1 fully saturated rings. The predicted octanol–water partition coefficient (Wildman–Crippen LogP) is 1.80. The van der Waals surface area contributed by atoms with Gasteiger partial charge >= 0.3 is 5.97 Å². The number of carbonyl (C=O) groups is 1. The van der Waals surface area contributed by atoms with E-state index in [4.69, 9.17) is 5.11 Å². The average Bonchev–Trinajstić information content (AvgIpc) is 2.39. The monoisotopic (exact) mass is 197 g/mol. The molecule has 1 aliphatic carbocycles. The number of aliphatic carboxylic acids is 1. The molecular weight excluding hydrogens is 178 g/mol. The highest BCUT2D eigenvalue weighted by molar-refractivity contribution is 5.79. The molecule has 1 rings (SSSR count). The van der Waals surface area contributed by atoms with Gasteiger partial charge < -0.3 is 10.4 Å². The van der Waals surface area contributed by atoms with Crippen molar-refractivity contribution in [3.63, 3.8) is 0 Å². The number of nitrogens with one attached hydrogen (secondary N) is 1. The van der Waals surface area contributed by atoms with E-state index < -0.39 is 5.97 Å². The Labute approximate surface area is 85.2 Å². The maximum atomic E-state index is 10.2. The zero-order valence-electron chi connectivity index (χ0n) is 8.92. The van der Waals surface area contributed by atoms with Crippen molar-refractivity contribution in [2.75, 3.05) is 6.54 Å². The lowest BCUT2D eigenvalue weighted by molar-refractivity contribution is -0.131. The van der Waals surface area contributed by atoms with E-state index in [1.54, 1.807) is 6.08 Å². The Morgan fingerprint density at radius 3 is 2.86 bits per heavy atom. The molecule has 0 heterocycles. The fourth-order valence-corrected chi connectivity index (χ4v) is 2.00. The molecule has 0 radical (unpaired) electrons. The molecule has 2 N–H and O–H groups in total. The SMILES string of the molecule is CC1(C)CCC(NC/C=C/C(=O)O)C1. The van der Waals surface area contributed by atoms with E-state index in [0.717, 1.165) is 0 Å². The summed E-state index contributed by atoms with van der Waals surface area (Å²) in [5.41, 5.74) is 0.453. The van der Waals surface area contributed by atoms with E-state index in [0.29, 0.717) is 18.0 Å². The van der Waals surface area contributed by atoms with Gasteiger partial charge in [-0.15, -0.1) is 0 Å². The fraction of sp³-hybridized carbons (Fsp3) is 0.727. The van der Waals surface area contributed by atoms with Crippen LogP contribution < -0.4 is 5.32 Å². The first-order chi connectivity index (χ1) is 6.49. The van der Waals surface area contributed by atoms with Gasteiger partial charge in [0.05, 0.1) is 0 Å². The maximum Gasteiger partial charge on any atom is 0.328 e. The average molecular weight is 197 g/mol. The minimum Gasteiger partial charge on any atom is -0.478 e. The number of carboxylic acid groups (broad SMARTS) is 1. The van der Waals surface area contributed by atoms with Gasteiger partial charge in [-0.25, -0.2) is 4.79 Å². The van der Waals surface area contributed by atoms with Crippen LogP contribution in [0.2, 0.25) is 0 Å². The van der Waals surface area contributed by atoms with E-state index in [2.05, 4.69) is 19.2 Å².